The smallest absolute Gasteiger partial charge is 0.0214 e. The second kappa shape index (κ2) is 4.69. The molecule has 1 rings (SSSR count). The highest BCUT2D eigenvalue weighted by Gasteiger charge is 2.15. The molecule has 0 aliphatic carbocycles. The van der Waals surface area contributed by atoms with Crippen molar-refractivity contribution < 1.29 is 0 Å². The Morgan fingerprint density at radius 1 is 1.73 bits per heavy atom. The maximum atomic E-state index is 5.20. The average Bonchev–Trinajstić information content (AvgIpc) is 2.01. The summed E-state index contributed by atoms with van der Waals surface area (Å²) in [5.74, 6) is 3.95. The van der Waals surface area contributed by atoms with Gasteiger partial charge in [0.25, 0.3) is 0 Å². The second-order valence-corrected chi connectivity index (χ2v) is 4.48. The van der Waals surface area contributed by atoms with E-state index in [1.165, 1.54) is 18.8 Å². The van der Waals surface area contributed by atoms with E-state index in [0.717, 1.165) is 18.2 Å². The maximum Gasteiger partial charge on any atom is 0.0214 e. The summed E-state index contributed by atoms with van der Waals surface area (Å²) in [4.78, 5) is 2.46. The van der Waals surface area contributed by atoms with Crippen LogP contribution in [0.1, 0.15) is 13.3 Å². The van der Waals surface area contributed by atoms with Crippen LogP contribution >= 0.6 is 11.8 Å². The van der Waals surface area contributed by atoms with Gasteiger partial charge in [0.2, 0.25) is 0 Å². The summed E-state index contributed by atoms with van der Waals surface area (Å²) in [6.07, 6.45) is 6.10. The van der Waals surface area contributed by atoms with Gasteiger partial charge in [-0.05, 0) is 0 Å². The van der Waals surface area contributed by atoms with E-state index >= 15 is 0 Å². The zero-order valence-electron chi connectivity index (χ0n) is 7.05. The van der Waals surface area contributed by atoms with Gasteiger partial charge in [-0.15, -0.1) is 12.3 Å². The van der Waals surface area contributed by atoms with Crippen LogP contribution in [0.3, 0.4) is 0 Å². The molecule has 1 unspecified atom stereocenters. The Balaban J connectivity index is 2.18. The van der Waals surface area contributed by atoms with Crippen LogP contribution in [-0.2, 0) is 0 Å². The van der Waals surface area contributed by atoms with E-state index in [1.807, 2.05) is 0 Å². The molecule has 0 aromatic heterocycles. The first-order valence-electron chi connectivity index (χ1n) is 4.10. The van der Waals surface area contributed by atoms with Crippen LogP contribution in [0.25, 0.3) is 0 Å². The van der Waals surface area contributed by atoms with Gasteiger partial charge >= 0.3 is 0 Å². The third-order valence-corrected chi connectivity index (χ3v) is 3.03. The Kier molecular flexibility index (Phi) is 3.82. The van der Waals surface area contributed by atoms with Gasteiger partial charge in [-0.2, -0.15) is 11.8 Å². The van der Waals surface area contributed by atoms with E-state index < -0.39 is 0 Å². The SMILES string of the molecule is C#CCCN1CCSC(C)C1. The first-order valence-corrected chi connectivity index (χ1v) is 5.15. The first-order chi connectivity index (χ1) is 5.33. The van der Waals surface area contributed by atoms with Crippen LogP contribution in [0.4, 0.5) is 0 Å². The molecule has 0 spiro atoms. The molecule has 0 amide bonds. The number of hydrogen-bond acceptors (Lipinski definition) is 2. The molecule has 0 N–H and O–H groups in total. The van der Waals surface area contributed by atoms with Crippen molar-refractivity contribution >= 4 is 11.8 Å². The van der Waals surface area contributed by atoms with Gasteiger partial charge in [0.05, 0.1) is 0 Å². The Morgan fingerprint density at radius 3 is 3.18 bits per heavy atom. The second-order valence-electron chi connectivity index (χ2n) is 2.94. The molecule has 0 aromatic rings. The zero-order chi connectivity index (χ0) is 8.10. The normalized spacial score (nSPS) is 26.4. The molecular formula is C9H15NS. The summed E-state index contributed by atoms with van der Waals surface area (Å²) < 4.78 is 0. The van der Waals surface area contributed by atoms with E-state index in [9.17, 15) is 0 Å². The molecule has 0 aromatic carbocycles. The fourth-order valence-corrected chi connectivity index (χ4v) is 2.40. The van der Waals surface area contributed by atoms with Crippen LogP contribution in [0.2, 0.25) is 0 Å². The summed E-state index contributed by atoms with van der Waals surface area (Å²) in [5.41, 5.74) is 0. The Bertz CT molecular complexity index is 150. The van der Waals surface area contributed by atoms with Crippen molar-refractivity contribution in [1.82, 2.24) is 4.90 Å². The first kappa shape index (κ1) is 8.96. The lowest BCUT2D eigenvalue weighted by Gasteiger charge is -2.29. The van der Waals surface area contributed by atoms with Crippen LogP contribution < -0.4 is 0 Å². The molecule has 1 saturated heterocycles. The van der Waals surface area contributed by atoms with Crippen LogP contribution in [0.15, 0.2) is 0 Å². The van der Waals surface area contributed by atoms with Crippen LogP contribution in [-0.4, -0.2) is 35.5 Å². The van der Waals surface area contributed by atoms with Gasteiger partial charge in [-0.3, -0.25) is 0 Å². The predicted octanol–water partition coefficient (Wildman–Crippen LogP) is 1.45. The lowest BCUT2D eigenvalue weighted by Crippen LogP contribution is -2.37. The topological polar surface area (TPSA) is 3.24 Å². The number of thioether (sulfide) groups is 1. The largest absolute Gasteiger partial charge is 0.300 e. The fraction of sp³-hybridized carbons (Fsp3) is 0.778. The molecular weight excluding hydrogens is 154 g/mol. The van der Waals surface area contributed by atoms with E-state index in [4.69, 9.17) is 6.42 Å². The third kappa shape index (κ3) is 3.18. The van der Waals surface area contributed by atoms with Crippen molar-refractivity contribution in [2.45, 2.75) is 18.6 Å². The van der Waals surface area contributed by atoms with Gasteiger partial charge < -0.3 is 4.90 Å². The maximum absolute atomic E-state index is 5.20. The minimum atomic E-state index is 0.793. The Hall–Kier alpha value is -0.130. The molecule has 1 heterocycles. The highest BCUT2D eigenvalue weighted by atomic mass is 32.2. The van der Waals surface area contributed by atoms with Gasteiger partial charge in [0.1, 0.15) is 0 Å². The van der Waals surface area contributed by atoms with Gasteiger partial charge in [0, 0.05) is 37.1 Å². The number of terminal acetylenes is 1. The van der Waals surface area contributed by atoms with Crippen molar-refractivity contribution in [3.8, 4) is 12.3 Å². The number of rotatable bonds is 2. The monoisotopic (exact) mass is 169 g/mol. The van der Waals surface area contributed by atoms with Gasteiger partial charge in [0.15, 0.2) is 0 Å². The number of nitrogens with zero attached hydrogens (tertiary/aromatic N) is 1. The van der Waals surface area contributed by atoms with E-state index in [1.54, 1.807) is 0 Å². The minimum Gasteiger partial charge on any atom is -0.300 e. The van der Waals surface area contributed by atoms with E-state index in [2.05, 4.69) is 29.5 Å². The molecule has 0 saturated carbocycles. The van der Waals surface area contributed by atoms with Gasteiger partial charge in [-0.1, -0.05) is 6.92 Å². The standard InChI is InChI=1S/C9H15NS/c1-3-4-5-10-6-7-11-9(2)8-10/h1,9H,4-8H2,2H3. The molecule has 1 aliphatic rings. The van der Waals surface area contributed by atoms with Crippen molar-refractivity contribution in [2.75, 3.05) is 25.4 Å². The molecule has 1 fully saturated rings. The molecule has 0 radical (unpaired) electrons. The lowest BCUT2D eigenvalue weighted by atomic mass is 10.3. The van der Waals surface area contributed by atoms with Crippen molar-refractivity contribution in [3.05, 3.63) is 0 Å². The van der Waals surface area contributed by atoms with Crippen LogP contribution in [0, 0.1) is 12.3 Å². The summed E-state index contributed by atoms with van der Waals surface area (Å²) in [6, 6.07) is 0. The summed E-state index contributed by atoms with van der Waals surface area (Å²) in [5, 5.41) is 0.793. The molecule has 11 heavy (non-hydrogen) atoms. The Labute approximate surface area is 73.5 Å². The quantitative estimate of drug-likeness (QED) is 0.576. The zero-order valence-corrected chi connectivity index (χ0v) is 7.86. The van der Waals surface area contributed by atoms with Crippen molar-refractivity contribution in [1.29, 1.82) is 0 Å². The van der Waals surface area contributed by atoms with E-state index in [0.29, 0.717) is 0 Å². The summed E-state index contributed by atoms with van der Waals surface area (Å²) in [6.45, 7) is 5.80. The highest BCUT2D eigenvalue weighted by molar-refractivity contribution is 7.99. The predicted molar refractivity (Wildman–Crippen MR) is 51.8 cm³/mol. The van der Waals surface area contributed by atoms with E-state index in [-0.39, 0.29) is 0 Å². The summed E-state index contributed by atoms with van der Waals surface area (Å²) >= 11 is 2.06. The summed E-state index contributed by atoms with van der Waals surface area (Å²) in [7, 11) is 0. The van der Waals surface area contributed by atoms with Crippen molar-refractivity contribution in [2.24, 2.45) is 0 Å². The third-order valence-electron chi connectivity index (χ3n) is 1.90. The average molecular weight is 169 g/mol. The molecule has 0 bridgehead atoms. The molecule has 1 aliphatic heterocycles. The van der Waals surface area contributed by atoms with Crippen molar-refractivity contribution in [3.63, 3.8) is 0 Å². The Morgan fingerprint density at radius 2 is 2.55 bits per heavy atom. The molecule has 2 heteroatoms. The fourth-order valence-electron chi connectivity index (χ4n) is 1.32. The number of hydrogen-bond donors (Lipinski definition) is 0. The molecule has 1 atom stereocenters. The minimum absolute atomic E-state index is 0.793. The van der Waals surface area contributed by atoms with Gasteiger partial charge in [-0.25, -0.2) is 0 Å². The highest BCUT2D eigenvalue weighted by Crippen LogP contribution is 2.17. The lowest BCUT2D eigenvalue weighted by molar-refractivity contribution is 0.293. The molecule has 1 nitrogen and oxygen atoms in total. The molecule has 62 valence electrons. The van der Waals surface area contributed by atoms with Crippen LogP contribution in [0.5, 0.6) is 0 Å².